The summed E-state index contributed by atoms with van der Waals surface area (Å²) in [5, 5.41) is 12.2. The molecule has 3 aromatic rings. The summed E-state index contributed by atoms with van der Waals surface area (Å²) in [6.45, 7) is 4.50. The van der Waals surface area contributed by atoms with Gasteiger partial charge in [0, 0.05) is 49.8 Å². The van der Waals surface area contributed by atoms with Crippen molar-refractivity contribution in [2.24, 2.45) is 0 Å². The molecule has 1 fully saturated rings. The molecule has 2 heterocycles. The molecule has 0 unspecified atom stereocenters. The van der Waals surface area contributed by atoms with Gasteiger partial charge >= 0.3 is 0 Å². The third kappa shape index (κ3) is 4.21. The van der Waals surface area contributed by atoms with Gasteiger partial charge < -0.3 is 19.7 Å². The molecular formula is C21H24ClN3O2. The van der Waals surface area contributed by atoms with Gasteiger partial charge in [0.1, 0.15) is 18.5 Å². The number of benzene rings is 2. The zero-order chi connectivity index (χ0) is 18.6. The van der Waals surface area contributed by atoms with Crippen LogP contribution in [0.15, 0.2) is 54.7 Å². The fourth-order valence-electron chi connectivity index (χ4n) is 3.60. The first kappa shape index (κ1) is 18.2. The number of rotatable bonds is 6. The number of hydrogen-bond acceptors (Lipinski definition) is 4. The molecule has 0 spiro atoms. The molecule has 1 aliphatic rings. The van der Waals surface area contributed by atoms with Crippen LogP contribution in [0.5, 0.6) is 5.75 Å². The molecule has 27 heavy (non-hydrogen) atoms. The number of aliphatic hydroxyl groups excluding tert-OH is 1. The summed E-state index contributed by atoms with van der Waals surface area (Å²) in [4.78, 5) is 7.75. The van der Waals surface area contributed by atoms with E-state index in [1.807, 2.05) is 48.7 Å². The topological polar surface area (TPSA) is 51.7 Å². The summed E-state index contributed by atoms with van der Waals surface area (Å²) in [5.74, 6) is 0.802. The van der Waals surface area contributed by atoms with Crippen LogP contribution >= 0.6 is 11.6 Å². The van der Waals surface area contributed by atoms with Gasteiger partial charge in [-0.2, -0.15) is 0 Å². The van der Waals surface area contributed by atoms with Crippen LogP contribution in [0.3, 0.4) is 0 Å². The Hall–Kier alpha value is -2.21. The van der Waals surface area contributed by atoms with Crippen molar-refractivity contribution in [2.75, 3.05) is 44.2 Å². The zero-order valence-electron chi connectivity index (χ0n) is 15.1. The van der Waals surface area contributed by atoms with Crippen molar-refractivity contribution >= 4 is 28.2 Å². The highest BCUT2D eigenvalue weighted by atomic mass is 35.5. The summed E-state index contributed by atoms with van der Waals surface area (Å²) < 4.78 is 5.86. The van der Waals surface area contributed by atoms with E-state index in [9.17, 15) is 5.11 Å². The van der Waals surface area contributed by atoms with E-state index in [-0.39, 0.29) is 6.61 Å². The largest absolute Gasteiger partial charge is 0.490 e. The molecule has 2 N–H and O–H groups in total. The molecule has 1 aliphatic heterocycles. The van der Waals surface area contributed by atoms with E-state index in [1.54, 1.807) is 0 Å². The Kier molecular flexibility index (Phi) is 5.53. The smallest absolute Gasteiger partial charge is 0.128 e. The predicted octanol–water partition coefficient (Wildman–Crippen LogP) is 3.38. The van der Waals surface area contributed by atoms with Gasteiger partial charge in [0.15, 0.2) is 0 Å². The van der Waals surface area contributed by atoms with Gasteiger partial charge in [0.05, 0.1) is 10.7 Å². The van der Waals surface area contributed by atoms with Crippen LogP contribution in [0.25, 0.3) is 10.9 Å². The first-order valence-electron chi connectivity index (χ1n) is 9.29. The molecule has 1 atom stereocenters. The minimum atomic E-state index is -0.522. The van der Waals surface area contributed by atoms with Crippen LogP contribution in [0.2, 0.25) is 5.02 Å². The number of nitrogens with zero attached hydrogens (tertiary/aromatic N) is 2. The Morgan fingerprint density at radius 3 is 2.67 bits per heavy atom. The molecule has 2 aromatic carbocycles. The molecule has 0 amide bonds. The fourth-order valence-corrected chi connectivity index (χ4v) is 3.85. The maximum absolute atomic E-state index is 10.4. The first-order chi connectivity index (χ1) is 13.2. The lowest BCUT2D eigenvalue weighted by molar-refractivity contribution is 0.0668. The molecule has 1 aromatic heterocycles. The van der Waals surface area contributed by atoms with E-state index in [2.05, 4.69) is 20.9 Å². The SMILES string of the molecule is O[C@@H](COc1cccc2[nH]ccc12)CN1CCN(c2ccccc2Cl)CC1. The number of aliphatic hydroxyl groups is 1. The summed E-state index contributed by atoms with van der Waals surface area (Å²) in [6.07, 6.45) is 1.37. The molecular weight excluding hydrogens is 362 g/mol. The Morgan fingerprint density at radius 1 is 1.04 bits per heavy atom. The number of anilines is 1. The Morgan fingerprint density at radius 2 is 1.85 bits per heavy atom. The number of aromatic amines is 1. The number of ether oxygens (including phenoxy) is 1. The number of fused-ring (bicyclic) bond motifs is 1. The normalized spacial score (nSPS) is 16.6. The number of para-hydroxylation sites is 1. The monoisotopic (exact) mass is 385 g/mol. The number of nitrogens with one attached hydrogen (secondary N) is 1. The Bertz CT molecular complexity index is 890. The average Bonchev–Trinajstić information content (AvgIpc) is 3.17. The van der Waals surface area contributed by atoms with Gasteiger partial charge in [-0.05, 0) is 30.3 Å². The third-order valence-electron chi connectivity index (χ3n) is 5.02. The van der Waals surface area contributed by atoms with Crippen LogP contribution in [-0.4, -0.2) is 60.4 Å². The fraction of sp³-hybridized carbons (Fsp3) is 0.333. The van der Waals surface area contributed by atoms with Crippen LogP contribution in [0, 0.1) is 0 Å². The van der Waals surface area contributed by atoms with Gasteiger partial charge in [-0.1, -0.05) is 29.8 Å². The molecule has 6 heteroatoms. The van der Waals surface area contributed by atoms with Gasteiger partial charge in [-0.25, -0.2) is 0 Å². The Labute approximate surface area is 164 Å². The van der Waals surface area contributed by atoms with Crippen molar-refractivity contribution in [3.63, 3.8) is 0 Å². The van der Waals surface area contributed by atoms with Crippen LogP contribution < -0.4 is 9.64 Å². The standard InChI is InChI=1S/C21H24ClN3O2/c22-18-4-1-2-6-20(18)25-12-10-24(11-13-25)14-16(26)15-27-21-7-3-5-19-17(21)8-9-23-19/h1-9,16,23,26H,10-15H2/t16-/m1/s1. The Balaban J connectivity index is 1.27. The summed E-state index contributed by atoms with van der Waals surface area (Å²) in [7, 11) is 0. The van der Waals surface area contributed by atoms with Crippen LogP contribution in [0.4, 0.5) is 5.69 Å². The number of aromatic nitrogens is 1. The number of halogens is 1. The molecule has 0 bridgehead atoms. The molecule has 1 saturated heterocycles. The van der Waals surface area contributed by atoms with E-state index in [0.29, 0.717) is 6.54 Å². The predicted molar refractivity (Wildman–Crippen MR) is 110 cm³/mol. The highest BCUT2D eigenvalue weighted by molar-refractivity contribution is 6.33. The van der Waals surface area contributed by atoms with Crippen molar-refractivity contribution in [3.05, 3.63) is 59.8 Å². The van der Waals surface area contributed by atoms with Gasteiger partial charge in [0.2, 0.25) is 0 Å². The highest BCUT2D eigenvalue weighted by Crippen LogP contribution is 2.26. The maximum atomic E-state index is 10.4. The van der Waals surface area contributed by atoms with E-state index >= 15 is 0 Å². The van der Waals surface area contributed by atoms with E-state index < -0.39 is 6.10 Å². The van der Waals surface area contributed by atoms with Crippen LogP contribution in [-0.2, 0) is 0 Å². The van der Waals surface area contributed by atoms with Crippen molar-refractivity contribution < 1.29 is 9.84 Å². The van der Waals surface area contributed by atoms with Crippen LogP contribution in [0.1, 0.15) is 0 Å². The molecule has 4 rings (SSSR count). The number of H-pyrrole nitrogens is 1. The highest BCUT2D eigenvalue weighted by Gasteiger charge is 2.21. The first-order valence-corrected chi connectivity index (χ1v) is 9.67. The summed E-state index contributed by atoms with van der Waals surface area (Å²) in [5.41, 5.74) is 2.12. The number of β-amino-alcohol motifs (C(OH)–C–C–N with tert-alkyl or cyclic N) is 1. The second kappa shape index (κ2) is 8.21. The third-order valence-corrected chi connectivity index (χ3v) is 5.34. The maximum Gasteiger partial charge on any atom is 0.128 e. The number of hydrogen-bond donors (Lipinski definition) is 2. The molecule has 0 saturated carbocycles. The molecule has 142 valence electrons. The average molecular weight is 386 g/mol. The van der Waals surface area contributed by atoms with Crippen molar-refractivity contribution in [3.8, 4) is 5.75 Å². The van der Waals surface area contributed by atoms with Gasteiger partial charge in [-0.15, -0.1) is 0 Å². The van der Waals surface area contributed by atoms with Crippen molar-refractivity contribution in [2.45, 2.75) is 6.10 Å². The lowest BCUT2D eigenvalue weighted by Gasteiger charge is -2.37. The summed E-state index contributed by atoms with van der Waals surface area (Å²) in [6, 6.07) is 15.8. The van der Waals surface area contributed by atoms with E-state index in [4.69, 9.17) is 16.3 Å². The quantitative estimate of drug-likeness (QED) is 0.683. The number of piperazine rings is 1. The minimum absolute atomic E-state index is 0.287. The second-order valence-corrected chi connectivity index (χ2v) is 7.31. The zero-order valence-corrected chi connectivity index (χ0v) is 15.9. The molecule has 0 radical (unpaired) electrons. The molecule has 5 nitrogen and oxygen atoms in total. The van der Waals surface area contributed by atoms with E-state index in [0.717, 1.165) is 53.5 Å². The second-order valence-electron chi connectivity index (χ2n) is 6.90. The lowest BCUT2D eigenvalue weighted by atomic mass is 10.2. The van der Waals surface area contributed by atoms with Crippen molar-refractivity contribution in [1.29, 1.82) is 0 Å². The van der Waals surface area contributed by atoms with E-state index in [1.165, 1.54) is 0 Å². The lowest BCUT2D eigenvalue weighted by Crippen LogP contribution is -2.49. The summed E-state index contributed by atoms with van der Waals surface area (Å²) >= 11 is 6.30. The van der Waals surface area contributed by atoms with Gasteiger partial charge in [-0.3, -0.25) is 4.90 Å². The van der Waals surface area contributed by atoms with Gasteiger partial charge in [0.25, 0.3) is 0 Å². The minimum Gasteiger partial charge on any atom is -0.490 e. The van der Waals surface area contributed by atoms with Crippen molar-refractivity contribution in [1.82, 2.24) is 9.88 Å². The molecule has 0 aliphatic carbocycles.